The van der Waals surface area contributed by atoms with E-state index in [1.54, 1.807) is 13.0 Å². The van der Waals surface area contributed by atoms with E-state index in [4.69, 9.17) is 16.3 Å². The minimum atomic E-state index is -0.443. The molecule has 5 heteroatoms. The average Bonchev–Trinajstić information content (AvgIpc) is 2.54. The Morgan fingerprint density at radius 3 is 2.38 bits per heavy atom. The standard InChI is InChI=1S/C19H23ClN2O2/c1-13(2)15-8-10-17(11-9-15)24-14(3)22-19(23)21-12-16-6-4-5-7-18(16)20/h4-11,13-14H,12H2,1-3H3,(H2,21,22,23). The number of halogens is 1. The Morgan fingerprint density at radius 2 is 1.75 bits per heavy atom. The number of rotatable bonds is 6. The van der Waals surface area contributed by atoms with Crippen molar-refractivity contribution >= 4 is 17.6 Å². The first-order valence-corrected chi connectivity index (χ1v) is 8.38. The van der Waals surface area contributed by atoms with E-state index in [9.17, 15) is 4.79 Å². The number of nitrogens with one attached hydrogen (secondary N) is 2. The lowest BCUT2D eigenvalue weighted by Gasteiger charge is -2.17. The van der Waals surface area contributed by atoms with E-state index in [0.29, 0.717) is 17.5 Å². The Labute approximate surface area is 148 Å². The molecule has 0 spiro atoms. The Morgan fingerprint density at radius 1 is 1.08 bits per heavy atom. The summed E-state index contributed by atoms with van der Waals surface area (Å²) in [5.74, 6) is 1.20. The van der Waals surface area contributed by atoms with Crippen LogP contribution >= 0.6 is 11.6 Å². The molecule has 2 amide bonds. The third kappa shape index (κ3) is 5.46. The molecule has 0 saturated carbocycles. The Balaban J connectivity index is 1.80. The van der Waals surface area contributed by atoms with E-state index in [-0.39, 0.29) is 6.03 Å². The van der Waals surface area contributed by atoms with Crippen LogP contribution in [-0.2, 0) is 6.54 Å². The van der Waals surface area contributed by atoms with Crippen LogP contribution in [0, 0.1) is 0 Å². The van der Waals surface area contributed by atoms with Crippen molar-refractivity contribution in [3.63, 3.8) is 0 Å². The molecule has 0 saturated heterocycles. The van der Waals surface area contributed by atoms with E-state index in [2.05, 4.69) is 24.5 Å². The Kier molecular flexibility index (Phi) is 6.50. The first kappa shape index (κ1) is 18.1. The molecule has 2 rings (SSSR count). The molecule has 0 bridgehead atoms. The largest absolute Gasteiger partial charge is 0.471 e. The van der Waals surface area contributed by atoms with Crippen LogP contribution in [0.4, 0.5) is 4.79 Å². The molecule has 0 aromatic heterocycles. The van der Waals surface area contributed by atoms with Gasteiger partial charge < -0.3 is 15.4 Å². The summed E-state index contributed by atoms with van der Waals surface area (Å²) in [7, 11) is 0. The monoisotopic (exact) mass is 346 g/mol. The second-order valence-corrected chi connectivity index (χ2v) is 6.31. The zero-order chi connectivity index (χ0) is 17.5. The van der Waals surface area contributed by atoms with Crippen molar-refractivity contribution in [3.05, 3.63) is 64.7 Å². The van der Waals surface area contributed by atoms with Gasteiger partial charge in [0, 0.05) is 11.6 Å². The minimum Gasteiger partial charge on any atom is -0.471 e. The van der Waals surface area contributed by atoms with Gasteiger partial charge in [0.15, 0.2) is 6.23 Å². The molecular formula is C19H23ClN2O2. The summed E-state index contributed by atoms with van der Waals surface area (Å²) in [5.41, 5.74) is 2.12. The van der Waals surface area contributed by atoms with Crippen molar-refractivity contribution in [3.8, 4) is 5.75 Å². The molecule has 2 aromatic carbocycles. The first-order chi connectivity index (χ1) is 11.5. The molecule has 2 N–H and O–H groups in total. The lowest BCUT2D eigenvalue weighted by atomic mass is 10.0. The molecule has 2 aromatic rings. The Hall–Kier alpha value is -2.20. The van der Waals surface area contributed by atoms with Gasteiger partial charge in [0.05, 0.1) is 0 Å². The van der Waals surface area contributed by atoms with Gasteiger partial charge in [-0.3, -0.25) is 0 Å². The third-order valence-corrected chi connectivity index (χ3v) is 3.96. The quantitative estimate of drug-likeness (QED) is 0.745. The van der Waals surface area contributed by atoms with Crippen molar-refractivity contribution in [2.45, 2.75) is 39.5 Å². The summed E-state index contributed by atoms with van der Waals surface area (Å²) < 4.78 is 5.70. The van der Waals surface area contributed by atoms with Crippen LogP contribution < -0.4 is 15.4 Å². The van der Waals surface area contributed by atoms with Crippen LogP contribution in [0.3, 0.4) is 0 Å². The molecule has 0 aliphatic rings. The van der Waals surface area contributed by atoms with E-state index < -0.39 is 6.23 Å². The predicted octanol–water partition coefficient (Wildman–Crippen LogP) is 4.69. The highest BCUT2D eigenvalue weighted by molar-refractivity contribution is 6.31. The van der Waals surface area contributed by atoms with Gasteiger partial charge in [0.1, 0.15) is 5.75 Å². The lowest BCUT2D eigenvalue weighted by Crippen LogP contribution is -2.43. The maximum Gasteiger partial charge on any atom is 0.317 e. The lowest BCUT2D eigenvalue weighted by molar-refractivity contribution is 0.177. The summed E-state index contributed by atoms with van der Waals surface area (Å²) in [6.45, 7) is 6.43. The Bertz CT molecular complexity index is 671. The number of hydrogen-bond acceptors (Lipinski definition) is 2. The summed E-state index contributed by atoms with van der Waals surface area (Å²) >= 11 is 6.06. The van der Waals surface area contributed by atoms with Crippen LogP contribution in [0.2, 0.25) is 5.02 Å². The minimum absolute atomic E-state index is 0.304. The van der Waals surface area contributed by atoms with Crippen molar-refractivity contribution in [2.24, 2.45) is 0 Å². The van der Waals surface area contributed by atoms with Crippen LogP contribution in [0.25, 0.3) is 0 Å². The second-order valence-electron chi connectivity index (χ2n) is 5.90. The molecule has 0 aliphatic heterocycles. The normalized spacial score (nSPS) is 11.9. The fourth-order valence-electron chi connectivity index (χ4n) is 2.22. The zero-order valence-corrected chi connectivity index (χ0v) is 14.9. The van der Waals surface area contributed by atoms with Crippen LogP contribution in [-0.4, -0.2) is 12.3 Å². The molecule has 1 atom stereocenters. The number of benzene rings is 2. The van der Waals surface area contributed by atoms with Crippen molar-refractivity contribution < 1.29 is 9.53 Å². The summed E-state index contributed by atoms with van der Waals surface area (Å²) in [4.78, 5) is 11.9. The molecule has 0 radical (unpaired) electrons. The molecule has 128 valence electrons. The van der Waals surface area contributed by atoms with Gasteiger partial charge in [0.2, 0.25) is 0 Å². The van der Waals surface area contributed by atoms with E-state index in [1.807, 2.05) is 42.5 Å². The number of ether oxygens (including phenoxy) is 1. The van der Waals surface area contributed by atoms with Gasteiger partial charge in [-0.2, -0.15) is 0 Å². The van der Waals surface area contributed by atoms with Gasteiger partial charge in [0.25, 0.3) is 0 Å². The van der Waals surface area contributed by atoms with E-state index in [1.165, 1.54) is 5.56 Å². The molecule has 0 aliphatic carbocycles. The van der Waals surface area contributed by atoms with Crippen LogP contribution in [0.15, 0.2) is 48.5 Å². The SMILES string of the molecule is CC(NC(=O)NCc1ccccc1Cl)Oc1ccc(C(C)C)cc1. The predicted molar refractivity (Wildman–Crippen MR) is 97.4 cm³/mol. The number of amides is 2. The van der Waals surface area contributed by atoms with Gasteiger partial charge in [-0.25, -0.2) is 4.79 Å². The molecule has 0 fully saturated rings. The number of urea groups is 1. The third-order valence-electron chi connectivity index (χ3n) is 3.59. The number of carbonyl (C=O) groups excluding carboxylic acids is 1. The number of carbonyl (C=O) groups is 1. The highest BCUT2D eigenvalue weighted by atomic mass is 35.5. The molecule has 4 nitrogen and oxygen atoms in total. The fraction of sp³-hybridized carbons (Fsp3) is 0.316. The van der Waals surface area contributed by atoms with Gasteiger partial charge in [-0.1, -0.05) is 55.8 Å². The average molecular weight is 347 g/mol. The topological polar surface area (TPSA) is 50.4 Å². The van der Waals surface area contributed by atoms with E-state index >= 15 is 0 Å². The molecule has 24 heavy (non-hydrogen) atoms. The summed E-state index contributed by atoms with van der Waals surface area (Å²) in [6.07, 6.45) is -0.443. The van der Waals surface area contributed by atoms with Gasteiger partial charge in [-0.05, 0) is 42.2 Å². The molecule has 1 unspecified atom stereocenters. The highest BCUT2D eigenvalue weighted by Gasteiger charge is 2.09. The van der Waals surface area contributed by atoms with Crippen molar-refractivity contribution in [1.29, 1.82) is 0 Å². The van der Waals surface area contributed by atoms with Gasteiger partial charge >= 0.3 is 6.03 Å². The van der Waals surface area contributed by atoms with E-state index in [0.717, 1.165) is 11.3 Å². The summed E-state index contributed by atoms with van der Waals surface area (Å²) in [5, 5.41) is 6.14. The molecule has 0 heterocycles. The maximum absolute atomic E-state index is 11.9. The van der Waals surface area contributed by atoms with Crippen molar-refractivity contribution in [1.82, 2.24) is 10.6 Å². The zero-order valence-electron chi connectivity index (χ0n) is 14.2. The highest BCUT2D eigenvalue weighted by Crippen LogP contribution is 2.19. The van der Waals surface area contributed by atoms with Crippen LogP contribution in [0.5, 0.6) is 5.75 Å². The smallest absolute Gasteiger partial charge is 0.317 e. The van der Waals surface area contributed by atoms with Crippen molar-refractivity contribution in [2.75, 3.05) is 0 Å². The molecular weight excluding hydrogens is 324 g/mol. The number of hydrogen-bond donors (Lipinski definition) is 2. The van der Waals surface area contributed by atoms with Crippen LogP contribution in [0.1, 0.15) is 37.8 Å². The fourth-order valence-corrected chi connectivity index (χ4v) is 2.42. The maximum atomic E-state index is 11.9. The first-order valence-electron chi connectivity index (χ1n) is 8.00. The van der Waals surface area contributed by atoms with Gasteiger partial charge in [-0.15, -0.1) is 0 Å². The summed E-state index contributed by atoms with van der Waals surface area (Å²) in [6, 6.07) is 15.0. The second kappa shape index (κ2) is 8.60.